The van der Waals surface area contributed by atoms with E-state index in [1.54, 1.807) is 0 Å². The van der Waals surface area contributed by atoms with Gasteiger partial charge in [-0.1, -0.05) is 182 Å². The van der Waals surface area contributed by atoms with Crippen molar-refractivity contribution >= 4 is 43.6 Å². The minimum absolute atomic E-state index is 0.410. The molecule has 0 aliphatic heterocycles. The molecule has 2 heteroatoms. The second kappa shape index (κ2) is 12.9. The number of nitrogens with zero attached hydrogens (tertiary/aromatic N) is 2. The molecular weight excluding hydrogens is 761 g/mol. The van der Waals surface area contributed by atoms with Gasteiger partial charge >= 0.3 is 0 Å². The maximum atomic E-state index is 2.51. The van der Waals surface area contributed by atoms with Crippen LogP contribution in [-0.2, 0) is 5.41 Å². The van der Waals surface area contributed by atoms with Crippen molar-refractivity contribution in [2.75, 3.05) is 0 Å². The van der Waals surface area contributed by atoms with E-state index in [9.17, 15) is 0 Å². The molecule has 0 bridgehead atoms. The van der Waals surface area contributed by atoms with E-state index in [4.69, 9.17) is 0 Å². The summed E-state index contributed by atoms with van der Waals surface area (Å²) in [5, 5.41) is 5.06. The Balaban J connectivity index is 0.987. The number of para-hydroxylation sites is 2. The summed E-state index contributed by atoms with van der Waals surface area (Å²) in [6.07, 6.45) is 0. The molecule has 2 nitrogen and oxygen atoms in total. The van der Waals surface area contributed by atoms with Gasteiger partial charge < -0.3 is 9.13 Å². The van der Waals surface area contributed by atoms with Gasteiger partial charge in [-0.15, -0.1) is 0 Å². The van der Waals surface area contributed by atoms with E-state index >= 15 is 0 Å². The van der Waals surface area contributed by atoms with Crippen molar-refractivity contribution < 1.29 is 0 Å². The number of fused-ring (bicyclic) bond motifs is 17. The van der Waals surface area contributed by atoms with Crippen LogP contribution >= 0.6 is 0 Å². The van der Waals surface area contributed by atoms with Crippen molar-refractivity contribution in [3.8, 4) is 55.9 Å². The fourth-order valence-corrected chi connectivity index (χ4v) is 11.6. The predicted octanol–water partition coefficient (Wildman–Crippen LogP) is 15.6. The van der Waals surface area contributed by atoms with Crippen LogP contribution in [0.1, 0.15) is 22.3 Å². The summed E-state index contributed by atoms with van der Waals surface area (Å²) in [6.45, 7) is 0. The van der Waals surface area contributed by atoms with Crippen LogP contribution in [0, 0.1) is 0 Å². The lowest BCUT2D eigenvalue weighted by atomic mass is 9.70. The SMILES string of the molecule is c1ccc(-c2ccc(-c3cccc(-n4c5ccccc5c5c6c7ccccc7n(-c7ccc8c(c7)C7(c9ccccc9-c9ccccc97)c7ccccc7-8)c6ccc54)c3)cc2)cc1. The molecule has 0 saturated heterocycles. The molecule has 0 amide bonds. The zero-order chi connectivity index (χ0) is 41.2. The van der Waals surface area contributed by atoms with E-state index in [1.807, 2.05) is 0 Å². The van der Waals surface area contributed by atoms with Crippen molar-refractivity contribution in [3.05, 3.63) is 253 Å². The summed E-state index contributed by atoms with van der Waals surface area (Å²) in [5.74, 6) is 0. The smallest absolute Gasteiger partial charge is 0.0726 e. The first-order valence-electron chi connectivity index (χ1n) is 21.9. The number of rotatable bonds is 4. The van der Waals surface area contributed by atoms with Crippen molar-refractivity contribution in [2.45, 2.75) is 5.41 Å². The van der Waals surface area contributed by atoms with Gasteiger partial charge in [0.05, 0.1) is 27.5 Å². The van der Waals surface area contributed by atoms with Crippen molar-refractivity contribution in [2.24, 2.45) is 0 Å². The summed E-state index contributed by atoms with van der Waals surface area (Å²) in [7, 11) is 0. The molecule has 63 heavy (non-hydrogen) atoms. The third-order valence-electron chi connectivity index (χ3n) is 14.1. The van der Waals surface area contributed by atoms with Crippen LogP contribution in [0.25, 0.3) is 99.5 Å². The maximum Gasteiger partial charge on any atom is 0.0726 e. The lowest BCUT2D eigenvalue weighted by Crippen LogP contribution is -2.26. The average molecular weight is 799 g/mol. The summed E-state index contributed by atoms with van der Waals surface area (Å²) in [6, 6.07) is 85.6. The van der Waals surface area contributed by atoms with Gasteiger partial charge in [0.1, 0.15) is 0 Å². The van der Waals surface area contributed by atoms with Crippen LogP contribution < -0.4 is 0 Å². The molecular formula is C61H38N2. The fourth-order valence-electron chi connectivity index (χ4n) is 11.6. The number of aromatic nitrogens is 2. The van der Waals surface area contributed by atoms with Crippen LogP contribution in [0.5, 0.6) is 0 Å². The molecule has 2 aliphatic carbocycles. The van der Waals surface area contributed by atoms with Gasteiger partial charge in [-0.3, -0.25) is 0 Å². The lowest BCUT2D eigenvalue weighted by molar-refractivity contribution is 0.792. The highest BCUT2D eigenvalue weighted by atomic mass is 15.0. The maximum absolute atomic E-state index is 2.51. The highest BCUT2D eigenvalue weighted by Crippen LogP contribution is 2.63. The number of hydrogen-bond acceptors (Lipinski definition) is 0. The molecule has 292 valence electrons. The largest absolute Gasteiger partial charge is 0.309 e. The summed E-state index contributed by atoms with van der Waals surface area (Å²) >= 11 is 0. The third-order valence-corrected chi connectivity index (χ3v) is 14.1. The Morgan fingerprint density at radius 3 is 1.25 bits per heavy atom. The van der Waals surface area contributed by atoms with Crippen LogP contribution in [0.15, 0.2) is 231 Å². The molecule has 0 saturated carbocycles. The second-order valence-corrected chi connectivity index (χ2v) is 17.2. The summed E-state index contributed by atoms with van der Waals surface area (Å²) in [5.41, 5.74) is 22.3. The van der Waals surface area contributed by atoms with Crippen molar-refractivity contribution in [1.82, 2.24) is 9.13 Å². The molecule has 2 aromatic heterocycles. The lowest BCUT2D eigenvalue weighted by Gasteiger charge is -2.30. The van der Waals surface area contributed by atoms with Gasteiger partial charge in [-0.05, 0) is 115 Å². The Hall–Kier alpha value is -8.20. The molecule has 0 unspecified atom stereocenters. The summed E-state index contributed by atoms with van der Waals surface area (Å²) < 4.78 is 4.98. The van der Waals surface area contributed by atoms with Gasteiger partial charge in [-0.25, -0.2) is 0 Å². The zero-order valence-electron chi connectivity index (χ0n) is 34.3. The fraction of sp³-hybridized carbons (Fsp3) is 0.0164. The minimum atomic E-state index is -0.410. The van der Waals surface area contributed by atoms with Gasteiger partial charge in [0.2, 0.25) is 0 Å². The van der Waals surface area contributed by atoms with Crippen LogP contribution in [0.3, 0.4) is 0 Å². The standard InChI is InChI=1S/C61H38N2/c1-2-15-39(16-3-1)40-29-31-41(32-30-40)42-17-14-18-43(37-42)62-55-27-12-7-22-49(55)59-57(62)35-36-58-60(59)50-23-8-13-28-56(50)63(58)44-33-34-48-47-21-6-11-26-53(47)61(54(48)38-44)51-24-9-4-19-45(51)46-20-5-10-25-52(46)61/h1-38H. The van der Waals surface area contributed by atoms with Crippen LogP contribution in [0.2, 0.25) is 0 Å². The Morgan fingerprint density at radius 1 is 0.254 bits per heavy atom. The van der Waals surface area contributed by atoms with Crippen molar-refractivity contribution in [3.63, 3.8) is 0 Å². The van der Waals surface area contributed by atoms with E-state index < -0.39 is 5.41 Å². The van der Waals surface area contributed by atoms with Gasteiger partial charge in [-0.2, -0.15) is 0 Å². The van der Waals surface area contributed by atoms with Gasteiger partial charge in [0, 0.05) is 32.9 Å². The number of hydrogen-bond donors (Lipinski definition) is 0. The molecule has 0 atom stereocenters. The quantitative estimate of drug-likeness (QED) is 0.168. The zero-order valence-corrected chi connectivity index (χ0v) is 34.3. The molecule has 10 aromatic carbocycles. The molecule has 12 aromatic rings. The van der Waals surface area contributed by atoms with Crippen LogP contribution in [-0.4, -0.2) is 9.13 Å². The van der Waals surface area contributed by atoms with Gasteiger partial charge in [0.15, 0.2) is 0 Å². The predicted molar refractivity (Wildman–Crippen MR) is 262 cm³/mol. The monoisotopic (exact) mass is 798 g/mol. The second-order valence-electron chi connectivity index (χ2n) is 17.2. The minimum Gasteiger partial charge on any atom is -0.309 e. The Kier molecular flexibility index (Phi) is 7.07. The molecule has 14 rings (SSSR count). The Bertz CT molecular complexity index is 3780. The van der Waals surface area contributed by atoms with Gasteiger partial charge in [0.25, 0.3) is 0 Å². The number of benzene rings is 10. The molecule has 0 N–H and O–H groups in total. The van der Waals surface area contributed by atoms with E-state index in [0.717, 1.165) is 5.69 Å². The first-order chi connectivity index (χ1) is 31.3. The normalized spacial score (nSPS) is 13.2. The third kappa shape index (κ3) is 4.62. The van der Waals surface area contributed by atoms with E-state index in [1.165, 1.54) is 116 Å². The molecule has 0 fully saturated rings. The molecule has 1 spiro atoms. The molecule has 2 aliphatic rings. The van der Waals surface area contributed by atoms with Crippen molar-refractivity contribution in [1.29, 1.82) is 0 Å². The Morgan fingerprint density at radius 2 is 0.683 bits per heavy atom. The van der Waals surface area contributed by atoms with E-state index in [-0.39, 0.29) is 0 Å². The van der Waals surface area contributed by atoms with E-state index in [2.05, 4.69) is 240 Å². The first kappa shape index (κ1) is 34.5. The Labute approximate surface area is 365 Å². The molecule has 0 radical (unpaired) electrons. The van der Waals surface area contributed by atoms with Crippen LogP contribution in [0.4, 0.5) is 0 Å². The molecule has 2 heterocycles. The topological polar surface area (TPSA) is 9.86 Å². The van der Waals surface area contributed by atoms with E-state index in [0.29, 0.717) is 0 Å². The highest BCUT2D eigenvalue weighted by Gasteiger charge is 2.51. The average Bonchev–Trinajstić information content (AvgIpc) is 4.06. The highest BCUT2D eigenvalue weighted by molar-refractivity contribution is 6.29. The first-order valence-corrected chi connectivity index (χ1v) is 21.9. The summed E-state index contributed by atoms with van der Waals surface area (Å²) in [4.78, 5) is 0.